The third-order valence-electron chi connectivity index (χ3n) is 5.57. The summed E-state index contributed by atoms with van der Waals surface area (Å²) in [4.78, 5) is 12.9. The second kappa shape index (κ2) is 10.00. The third kappa shape index (κ3) is 5.50. The van der Waals surface area contributed by atoms with Gasteiger partial charge in [-0.3, -0.25) is 13.8 Å². The van der Waals surface area contributed by atoms with Gasteiger partial charge in [-0.25, -0.2) is 16.8 Å². The number of hydrogen-bond acceptors (Lipinski definition) is 5. The molecule has 0 saturated carbocycles. The highest BCUT2D eigenvalue weighted by Gasteiger charge is 2.29. The molecule has 2 N–H and O–H groups in total. The third-order valence-corrected chi connectivity index (χ3v) is 8.19. The summed E-state index contributed by atoms with van der Waals surface area (Å²) in [6.07, 6.45) is 1.03. The fourth-order valence-corrected chi connectivity index (χ4v) is 6.12. The molecule has 0 unspecified atom stereocenters. The van der Waals surface area contributed by atoms with Crippen molar-refractivity contribution >= 4 is 53.8 Å². The molecule has 4 aromatic rings. The van der Waals surface area contributed by atoms with E-state index in [0.29, 0.717) is 17.1 Å². The summed E-state index contributed by atoms with van der Waals surface area (Å²) in [6.45, 7) is 1.48. The number of carbonyl (C=O) groups excluding carboxylic acids is 1. The lowest BCUT2D eigenvalue weighted by molar-refractivity contribution is -0.116. The van der Waals surface area contributed by atoms with E-state index in [0.717, 1.165) is 21.3 Å². The Balaban J connectivity index is 1.51. The molecule has 8 nitrogen and oxygen atoms in total. The van der Waals surface area contributed by atoms with Gasteiger partial charge in [-0.2, -0.15) is 0 Å². The largest absolute Gasteiger partial charge is 0.324 e. The van der Waals surface area contributed by atoms with Crippen molar-refractivity contribution in [1.82, 2.24) is 0 Å². The van der Waals surface area contributed by atoms with E-state index in [4.69, 9.17) is 0 Å². The number of sulfonamides is 2. The maximum absolute atomic E-state index is 13.0. The zero-order valence-electron chi connectivity index (χ0n) is 19.6. The van der Waals surface area contributed by atoms with Crippen LogP contribution >= 0.6 is 0 Å². The fraction of sp³-hybridized carbons (Fsp3) is 0.115. The quantitative estimate of drug-likeness (QED) is 0.355. The summed E-state index contributed by atoms with van der Waals surface area (Å²) >= 11 is 0. The molecule has 0 heterocycles. The van der Waals surface area contributed by atoms with Crippen molar-refractivity contribution in [3.63, 3.8) is 0 Å². The summed E-state index contributed by atoms with van der Waals surface area (Å²) in [5, 5.41) is 4.34. The van der Waals surface area contributed by atoms with Crippen LogP contribution in [-0.2, 0) is 24.8 Å². The molecule has 186 valence electrons. The van der Waals surface area contributed by atoms with Gasteiger partial charge in [-0.15, -0.1) is 0 Å². The van der Waals surface area contributed by atoms with Crippen molar-refractivity contribution in [2.75, 3.05) is 20.6 Å². The van der Waals surface area contributed by atoms with Crippen molar-refractivity contribution < 1.29 is 21.6 Å². The van der Waals surface area contributed by atoms with E-state index < -0.39 is 32.0 Å². The molecule has 1 amide bonds. The Bertz CT molecular complexity index is 1600. The fourth-order valence-electron chi connectivity index (χ4n) is 3.87. The Kier molecular flexibility index (Phi) is 7.00. The zero-order chi connectivity index (χ0) is 25.9. The highest BCUT2D eigenvalue weighted by molar-refractivity contribution is 7.92. The molecule has 0 aliphatic carbocycles. The SMILES string of the molecule is C[C@H](C(=O)Nc1ccc(S(=O)(=O)Nc2cccc3ccccc23)cc1)N(c1ccccc1)S(C)(=O)=O. The first kappa shape index (κ1) is 25.2. The van der Waals surface area contributed by atoms with Crippen molar-refractivity contribution in [2.45, 2.75) is 17.9 Å². The first-order valence-electron chi connectivity index (χ1n) is 11.0. The molecule has 4 rings (SSSR count). The molecule has 0 fully saturated rings. The first-order valence-corrected chi connectivity index (χ1v) is 14.4. The predicted molar refractivity (Wildman–Crippen MR) is 143 cm³/mol. The molecule has 0 aromatic heterocycles. The lowest BCUT2D eigenvalue weighted by Gasteiger charge is -2.28. The van der Waals surface area contributed by atoms with Crippen LogP contribution in [0.4, 0.5) is 17.1 Å². The number of amides is 1. The highest BCUT2D eigenvalue weighted by atomic mass is 32.2. The summed E-state index contributed by atoms with van der Waals surface area (Å²) in [5.74, 6) is -0.561. The van der Waals surface area contributed by atoms with Crippen LogP contribution in [0.15, 0.2) is 102 Å². The number of hydrogen-bond donors (Lipinski definition) is 2. The summed E-state index contributed by atoms with van der Waals surface area (Å²) in [6, 6.07) is 25.7. The Hall–Kier alpha value is -3.89. The van der Waals surface area contributed by atoms with Gasteiger partial charge < -0.3 is 5.32 Å². The van der Waals surface area contributed by atoms with E-state index in [1.54, 1.807) is 42.5 Å². The molecule has 0 spiro atoms. The monoisotopic (exact) mass is 523 g/mol. The Morgan fingerprint density at radius 1 is 0.778 bits per heavy atom. The molecule has 10 heteroatoms. The number of nitrogens with zero attached hydrogens (tertiary/aromatic N) is 1. The van der Waals surface area contributed by atoms with Crippen molar-refractivity contribution in [1.29, 1.82) is 0 Å². The minimum atomic E-state index is -3.89. The topological polar surface area (TPSA) is 113 Å². The highest BCUT2D eigenvalue weighted by Crippen LogP contribution is 2.26. The molecule has 0 aliphatic heterocycles. The van der Waals surface area contributed by atoms with Gasteiger partial charge in [0.05, 0.1) is 22.5 Å². The van der Waals surface area contributed by atoms with Crippen LogP contribution < -0.4 is 14.3 Å². The molecule has 0 bridgehead atoms. The minimum Gasteiger partial charge on any atom is -0.324 e. The van der Waals surface area contributed by atoms with E-state index in [2.05, 4.69) is 10.0 Å². The number of carbonyl (C=O) groups is 1. The standard InChI is InChI=1S/C26H25N3O5S2/c1-19(29(35(2,31)32)22-11-4-3-5-12-22)26(30)27-21-15-17-23(18-16-21)36(33,34)28-25-14-8-10-20-9-6-7-13-24(20)25/h3-19,28H,1-2H3,(H,27,30)/t19-/m1/s1. The first-order chi connectivity index (χ1) is 17.1. The van der Waals surface area contributed by atoms with Gasteiger partial charge in [0.25, 0.3) is 10.0 Å². The smallest absolute Gasteiger partial charge is 0.261 e. The molecule has 0 radical (unpaired) electrons. The van der Waals surface area contributed by atoms with Crippen LogP contribution in [0.5, 0.6) is 0 Å². The molecule has 0 saturated heterocycles. The summed E-state index contributed by atoms with van der Waals surface area (Å²) < 4.78 is 54.4. The predicted octanol–water partition coefficient (Wildman–Crippen LogP) is 4.43. The van der Waals surface area contributed by atoms with Crippen LogP contribution in [-0.4, -0.2) is 35.0 Å². The van der Waals surface area contributed by atoms with E-state index in [1.807, 2.05) is 30.3 Å². The van der Waals surface area contributed by atoms with Crippen LogP contribution in [0.3, 0.4) is 0 Å². The Morgan fingerprint density at radius 2 is 1.39 bits per heavy atom. The van der Waals surface area contributed by atoms with E-state index in [-0.39, 0.29) is 4.90 Å². The number of benzene rings is 4. The second-order valence-electron chi connectivity index (χ2n) is 8.22. The van der Waals surface area contributed by atoms with E-state index in [1.165, 1.54) is 31.2 Å². The molecular formula is C26H25N3O5S2. The van der Waals surface area contributed by atoms with Gasteiger partial charge in [-0.05, 0) is 54.8 Å². The lowest BCUT2D eigenvalue weighted by atomic mass is 10.1. The molecule has 36 heavy (non-hydrogen) atoms. The van der Waals surface area contributed by atoms with Crippen LogP contribution in [0.2, 0.25) is 0 Å². The summed E-state index contributed by atoms with van der Waals surface area (Å²) in [5.41, 5.74) is 1.15. The van der Waals surface area contributed by atoms with Gasteiger partial charge in [0, 0.05) is 11.1 Å². The normalized spacial score (nSPS) is 12.6. The lowest BCUT2D eigenvalue weighted by Crippen LogP contribution is -2.45. The Morgan fingerprint density at radius 3 is 2.06 bits per heavy atom. The van der Waals surface area contributed by atoms with Crippen molar-refractivity contribution in [3.8, 4) is 0 Å². The minimum absolute atomic E-state index is 0.0172. The molecule has 1 atom stereocenters. The van der Waals surface area contributed by atoms with Gasteiger partial charge in [-0.1, -0.05) is 54.6 Å². The number of fused-ring (bicyclic) bond motifs is 1. The van der Waals surface area contributed by atoms with Crippen LogP contribution in [0.1, 0.15) is 6.92 Å². The number of rotatable bonds is 8. The van der Waals surface area contributed by atoms with E-state index in [9.17, 15) is 21.6 Å². The maximum atomic E-state index is 13.0. The van der Waals surface area contributed by atoms with Gasteiger partial charge in [0.2, 0.25) is 15.9 Å². The van der Waals surface area contributed by atoms with Gasteiger partial charge in [0.15, 0.2) is 0 Å². The van der Waals surface area contributed by atoms with Gasteiger partial charge in [0.1, 0.15) is 6.04 Å². The van der Waals surface area contributed by atoms with Crippen LogP contribution in [0.25, 0.3) is 10.8 Å². The average Bonchev–Trinajstić information content (AvgIpc) is 2.84. The number of nitrogens with one attached hydrogen (secondary N) is 2. The zero-order valence-corrected chi connectivity index (χ0v) is 21.3. The number of para-hydroxylation sites is 1. The van der Waals surface area contributed by atoms with Crippen LogP contribution in [0, 0.1) is 0 Å². The maximum Gasteiger partial charge on any atom is 0.261 e. The number of anilines is 3. The summed E-state index contributed by atoms with van der Waals surface area (Å²) in [7, 11) is -7.63. The molecular weight excluding hydrogens is 498 g/mol. The van der Waals surface area contributed by atoms with E-state index >= 15 is 0 Å². The Labute approximate surface area is 210 Å². The molecule has 4 aromatic carbocycles. The average molecular weight is 524 g/mol. The second-order valence-corrected chi connectivity index (χ2v) is 11.8. The van der Waals surface area contributed by atoms with Gasteiger partial charge >= 0.3 is 0 Å². The molecule has 0 aliphatic rings. The van der Waals surface area contributed by atoms with Crippen molar-refractivity contribution in [3.05, 3.63) is 97.1 Å². The van der Waals surface area contributed by atoms with Crippen molar-refractivity contribution in [2.24, 2.45) is 0 Å².